The van der Waals surface area contributed by atoms with Gasteiger partial charge in [0.15, 0.2) is 0 Å². The highest BCUT2D eigenvalue weighted by molar-refractivity contribution is 4.91. The first-order valence-corrected chi connectivity index (χ1v) is 8.10. The van der Waals surface area contributed by atoms with Crippen molar-refractivity contribution < 1.29 is 4.74 Å². The Morgan fingerprint density at radius 3 is 2.42 bits per heavy atom. The summed E-state index contributed by atoms with van der Waals surface area (Å²) >= 11 is 0. The van der Waals surface area contributed by atoms with E-state index in [2.05, 4.69) is 18.7 Å². The van der Waals surface area contributed by atoms with E-state index in [9.17, 15) is 0 Å². The second kappa shape index (κ2) is 7.05. The van der Waals surface area contributed by atoms with Gasteiger partial charge in [-0.1, -0.05) is 13.8 Å². The molecule has 3 heteroatoms. The Labute approximate surface area is 118 Å². The van der Waals surface area contributed by atoms with E-state index >= 15 is 0 Å². The minimum atomic E-state index is 0.397. The summed E-state index contributed by atoms with van der Waals surface area (Å²) in [5, 5.41) is 0. The summed E-state index contributed by atoms with van der Waals surface area (Å²) in [5.41, 5.74) is 6.40. The van der Waals surface area contributed by atoms with Gasteiger partial charge in [-0.3, -0.25) is 4.90 Å². The normalized spacial score (nSPS) is 34.9. The van der Waals surface area contributed by atoms with Crippen LogP contribution in [0.25, 0.3) is 0 Å². The summed E-state index contributed by atoms with van der Waals surface area (Å²) in [6.45, 7) is 8.10. The fourth-order valence-corrected chi connectivity index (χ4v) is 3.91. The highest BCUT2D eigenvalue weighted by Gasteiger charge is 2.34. The summed E-state index contributed by atoms with van der Waals surface area (Å²) in [6.07, 6.45) is 6.42. The van der Waals surface area contributed by atoms with E-state index < -0.39 is 0 Å². The lowest BCUT2D eigenvalue weighted by molar-refractivity contribution is 0.0455. The maximum Gasteiger partial charge on any atom is 0.0491 e. The fourth-order valence-electron chi connectivity index (χ4n) is 3.91. The SMILES string of the molecule is COCC1CCN(C2CC(C(C)C)CCC2N)CC1. The summed E-state index contributed by atoms with van der Waals surface area (Å²) in [6, 6.07) is 1.03. The second-order valence-corrected chi connectivity index (χ2v) is 6.98. The Hall–Kier alpha value is -0.120. The van der Waals surface area contributed by atoms with Gasteiger partial charge in [0.2, 0.25) is 0 Å². The summed E-state index contributed by atoms with van der Waals surface area (Å²) in [5.74, 6) is 2.45. The molecule has 0 aromatic heterocycles. The first-order valence-electron chi connectivity index (χ1n) is 8.10. The second-order valence-electron chi connectivity index (χ2n) is 6.98. The molecule has 0 spiro atoms. The molecule has 2 N–H and O–H groups in total. The Balaban J connectivity index is 1.86. The maximum absolute atomic E-state index is 6.40. The molecule has 1 saturated carbocycles. The number of ether oxygens (including phenoxy) is 1. The van der Waals surface area contributed by atoms with Crippen LogP contribution < -0.4 is 5.73 Å². The molecule has 3 unspecified atom stereocenters. The number of hydrogen-bond donors (Lipinski definition) is 1. The average molecular weight is 268 g/mol. The van der Waals surface area contributed by atoms with Gasteiger partial charge >= 0.3 is 0 Å². The van der Waals surface area contributed by atoms with Crippen LogP contribution in [0.2, 0.25) is 0 Å². The van der Waals surface area contributed by atoms with Gasteiger partial charge in [-0.15, -0.1) is 0 Å². The number of nitrogens with zero attached hydrogens (tertiary/aromatic N) is 1. The Kier molecular flexibility index (Phi) is 5.67. The quantitative estimate of drug-likeness (QED) is 0.851. The lowest BCUT2D eigenvalue weighted by atomic mass is 9.76. The molecule has 1 saturated heterocycles. The number of piperidine rings is 1. The van der Waals surface area contributed by atoms with Gasteiger partial charge in [0.25, 0.3) is 0 Å². The van der Waals surface area contributed by atoms with Gasteiger partial charge < -0.3 is 10.5 Å². The first kappa shape index (κ1) is 15.3. The molecule has 0 amide bonds. The highest BCUT2D eigenvalue weighted by Crippen LogP contribution is 2.33. The number of hydrogen-bond acceptors (Lipinski definition) is 3. The zero-order valence-electron chi connectivity index (χ0n) is 13.0. The van der Waals surface area contributed by atoms with Crippen molar-refractivity contribution in [1.82, 2.24) is 4.90 Å². The molecule has 1 aliphatic carbocycles. The van der Waals surface area contributed by atoms with E-state index in [-0.39, 0.29) is 0 Å². The van der Waals surface area contributed by atoms with Gasteiger partial charge in [-0.05, 0) is 62.9 Å². The molecule has 1 aliphatic heterocycles. The Morgan fingerprint density at radius 2 is 1.84 bits per heavy atom. The zero-order chi connectivity index (χ0) is 13.8. The molecular formula is C16H32N2O. The van der Waals surface area contributed by atoms with E-state index in [0.29, 0.717) is 12.1 Å². The number of rotatable bonds is 4. The first-order chi connectivity index (χ1) is 9.11. The zero-order valence-corrected chi connectivity index (χ0v) is 13.0. The van der Waals surface area contributed by atoms with Crippen LogP contribution in [0, 0.1) is 17.8 Å². The Morgan fingerprint density at radius 1 is 1.16 bits per heavy atom. The van der Waals surface area contributed by atoms with Crippen LogP contribution in [0.15, 0.2) is 0 Å². The van der Waals surface area contributed by atoms with Crippen LogP contribution in [0.5, 0.6) is 0 Å². The van der Waals surface area contributed by atoms with Crippen molar-refractivity contribution >= 4 is 0 Å². The van der Waals surface area contributed by atoms with Crippen LogP contribution in [0.3, 0.4) is 0 Å². The van der Waals surface area contributed by atoms with Crippen molar-refractivity contribution in [3.63, 3.8) is 0 Å². The van der Waals surface area contributed by atoms with E-state index in [4.69, 9.17) is 10.5 Å². The van der Waals surface area contributed by atoms with Crippen LogP contribution in [-0.2, 0) is 4.74 Å². The van der Waals surface area contributed by atoms with E-state index in [1.165, 1.54) is 45.2 Å². The predicted molar refractivity (Wildman–Crippen MR) is 80.1 cm³/mol. The van der Waals surface area contributed by atoms with Gasteiger partial charge in [0.05, 0.1) is 0 Å². The topological polar surface area (TPSA) is 38.5 Å². The van der Waals surface area contributed by atoms with E-state index in [1.807, 2.05) is 7.11 Å². The third kappa shape index (κ3) is 3.93. The van der Waals surface area contributed by atoms with Gasteiger partial charge in [-0.25, -0.2) is 0 Å². The molecule has 1 heterocycles. The Bertz CT molecular complexity index is 261. The summed E-state index contributed by atoms with van der Waals surface area (Å²) in [7, 11) is 1.82. The number of nitrogens with two attached hydrogens (primary N) is 1. The molecule has 2 rings (SSSR count). The largest absolute Gasteiger partial charge is 0.384 e. The van der Waals surface area contributed by atoms with Crippen molar-refractivity contribution in [2.75, 3.05) is 26.8 Å². The molecule has 3 atom stereocenters. The minimum absolute atomic E-state index is 0.397. The lowest BCUT2D eigenvalue weighted by Crippen LogP contribution is -2.54. The van der Waals surface area contributed by atoms with Gasteiger partial charge in [0, 0.05) is 25.8 Å². The lowest BCUT2D eigenvalue weighted by Gasteiger charge is -2.45. The molecular weight excluding hydrogens is 236 g/mol. The summed E-state index contributed by atoms with van der Waals surface area (Å²) in [4.78, 5) is 2.67. The molecule has 112 valence electrons. The van der Waals surface area contributed by atoms with Crippen LogP contribution >= 0.6 is 0 Å². The van der Waals surface area contributed by atoms with E-state index in [0.717, 1.165) is 24.4 Å². The molecule has 0 aromatic rings. The molecule has 2 fully saturated rings. The average Bonchev–Trinajstić information content (AvgIpc) is 2.40. The smallest absolute Gasteiger partial charge is 0.0491 e. The van der Waals surface area contributed by atoms with Crippen molar-refractivity contribution in [3.8, 4) is 0 Å². The monoisotopic (exact) mass is 268 g/mol. The number of likely N-dealkylation sites (tertiary alicyclic amines) is 1. The molecule has 0 radical (unpaired) electrons. The van der Waals surface area contributed by atoms with Crippen LogP contribution in [0.4, 0.5) is 0 Å². The van der Waals surface area contributed by atoms with Gasteiger partial charge in [0.1, 0.15) is 0 Å². The molecule has 3 nitrogen and oxygen atoms in total. The van der Waals surface area contributed by atoms with Crippen molar-refractivity contribution in [2.24, 2.45) is 23.5 Å². The predicted octanol–water partition coefficient (Wildman–Crippen LogP) is 2.50. The van der Waals surface area contributed by atoms with Gasteiger partial charge in [-0.2, -0.15) is 0 Å². The van der Waals surface area contributed by atoms with Crippen molar-refractivity contribution in [2.45, 2.75) is 58.0 Å². The molecule has 0 bridgehead atoms. The van der Waals surface area contributed by atoms with Crippen molar-refractivity contribution in [1.29, 1.82) is 0 Å². The minimum Gasteiger partial charge on any atom is -0.384 e. The van der Waals surface area contributed by atoms with Crippen molar-refractivity contribution in [3.05, 3.63) is 0 Å². The van der Waals surface area contributed by atoms with Crippen LogP contribution in [-0.4, -0.2) is 43.8 Å². The fraction of sp³-hybridized carbons (Fsp3) is 1.00. The summed E-state index contributed by atoms with van der Waals surface area (Å²) < 4.78 is 5.29. The molecule has 19 heavy (non-hydrogen) atoms. The van der Waals surface area contributed by atoms with Crippen LogP contribution in [0.1, 0.15) is 46.0 Å². The highest BCUT2D eigenvalue weighted by atomic mass is 16.5. The number of methoxy groups -OCH3 is 1. The maximum atomic E-state index is 6.40. The third-order valence-corrected chi connectivity index (χ3v) is 5.37. The van der Waals surface area contributed by atoms with E-state index in [1.54, 1.807) is 0 Å². The third-order valence-electron chi connectivity index (χ3n) is 5.37. The standard InChI is InChI=1S/C16H32N2O/c1-12(2)14-4-5-15(17)16(10-14)18-8-6-13(7-9-18)11-19-3/h12-16H,4-11,17H2,1-3H3. The molecule has 2 aliphatic rings. The molecule has 0 aromatic carbocycles.